The number of aryl methyl sites for hydroxylation is 1. The number of likely N-dealkylation sites (N-methyl/N-ethyl adjacent to an activating group) is 1. The number of urea groups is 1. The Morgan fingerprint density at radius 2 is 1.97 bits per heavy atom. The maximum Gasteiger partial charge on any atom is 0.323 e. The van der Waals surface area contributed by atoms with Crippen molar-refractivity contribution >= 4 is 23.1 Å². The highest BCUT2D eigenvalue weighted by molar-refractivity contribution is 6.00. The fraction of sp³-hybridized carbons (Fsp3) is 0.250. The molecule has 1 aliphatic heterocycles. The maximum absolute atomic E-state index is 14.8. The SMILES string of the molecule is Cc1cc(NC(=O)Nc2ccc(Oc3ccnc(-c4cn[nH]c4)c3)cc2F)cc(N2CCC(N(C)C)C2)c1. The molecular formula is C28H30FN7O2. The second-order valence-corrected chi connectivity index (χ2v) is 9.60. The van der Waals surface area contributed by atoms with Crippen molar-refractivity contribution in [3.05, 3.63) is 78.5 Å². The van der Waals surface area contributed by atoms with E-state index in [-0.39, 0.29) is 5.69 Å². The molecule has 0 spiro atoms. The Morgan fingerprint density at radius 3 is 2.71 bits per heavy atom. The number of carbonyl (C=O) groups excluding carboxylic acids is 1. The number of ether oxygens (including phenoxy) is 1. The van der Waals surface area contributed by atoms with E-state index in [1.165, 1.54) is 12.1 Å². The lowest BCUT2D eigenvalue weighted by Crippen LogP contribution is -2.31. The third-order valence-electron chi connectivity index (χ3n) is 6.53. The van der Waals surface area contributed by atoms with E-state index >= 15 is 0 Å². The van der Waals surface area contributed by atoms with Gasteiger partial charge in [-0.05, 0) is 69.4 Å². The minimum Gasteiger partial charge on any atom is -0.457 e. The number of pyridine rings is 1. The lowest BCUT2D eigenvalue weighted by molar-refractivity contribution is 0.262. The van der Waals surface area contributed by atoms with Gasteiger partial charge in [0, 0.05) is 60.6 Å². The Balaban J connectivity index is 1.22. The van der Waals surface area contributed by atoms with Crippen LogP contribution >= 0.6 is 0 Å². The molecule has 0 aliphatic carbocycles. The van der Waals surface area contributed by atoms with E-state index in [0.717, 1.165) is 36.3 Å². The molecule has 196 valence electrons. The van der Waals surface area contributed by atoms with Crippen molar-refractivity contribution < 1.29 is 13.9 Å². The average Bonchev–Trinajstić information content (AvgIpc) is 3.59. The number of anilines is 3. The number of amides is 2. The summed E-state index contributed by atoms with van der Waals surface area (Å²) in [7, 11) is 4.19. The fourth-order valence-electron chi connectivity index (χ4n) is 4.52. The quantitative estimate of drug-likeness (QED) is 0.301. The van der Waals surface area contributed by atoms with Crippen molar-refractivity contribution in [1.82, 2.24) is 20.1 Å². The molecule has 3 heterocycles. The highest BCUT2D eigenvalue weighted by Gasteiger charge is 2.24. The molecule has 0 saturated carbocycles. The van der Waals surface area contributed by atoms with Gasteiger partial charge in [-0.1, -0.05) is 0 Å². The molecule has 1 fully saturated rings. The molecule has 1 saturated heterocycles. The maximum atomic E-state index is 14.8. The first-order valence-corrected chi connectivity index (χ1v) is 12.4. The van der Waals surface area contributed by atoms with E-state index in [1.807, 2.05) is 19.1 Å². The second-order valence-electron chi connectivity index (χ2n) is 9.60. The van der Waals surface area contributed by atoms with Gasteiger partial charge >= 0.3 is 6.03 Å². The first-order valence-electron chi connectivity index (χ1n) is 12.4. The highest BCUT2D eigenvalue weighted by atomic mass is 19.1. The van der Waals surface area contributed by atoms with E-state index in [4.69, 9.17) is 4.74 Å². The van der Waals surface area contributed by atoms with E-state index in [9.17, 15) is 9.18 Å². The Kier molecular flexibility index (Phi) is 7.23. The Bertz CT molecular complexity index is 1420. The highest BCUT2D eigenvalue weighted by Crippen LogP contribution is 2.29. The van der Waals surface area contributed by atoms with E-state index in [1.54, 1.807) is 36.8 Å². The van der Waals surface area contributed by atoms with Crippen LogP contribution in [0.2, 0.25) is 0 Å². The van der Waals surface area contributed by atoms with Crippen LogP contribution in [0.15, 0.2) is 67.1 Å². The summed E-state index contributed by atoms with van der Waals surface area (Å²) in [6.45, 7) is 3.89. The van der Waals surface area contributed by atoms with Crippen LogP contribution in [0.25, 0.3) is 11.3 Å². The van der Waals surface area contributed by atoms with Gasteiger partial charge in [-0.25, -0.2) is 9.18 Å². The predicted molar refractivity (Wildman–Crippen MR) is 146 cm³/mol. The third-order valence-corrected chi connectivity index (χ3v) is 6.53. The number of hydrogen-bond acceptors (Lipinski definition) is 6. The van der Waals surface area contributed by atoms with Crippen LogP contribution in [0.4, 0.5) is 26.2 Å². The molecule has 1 atom stereocenters. The van der Waals surface area contributed by atoms with Crippen LogP contribution in [0, 0.1) is 12.7 Å². The van der Waals surface area contributed by atoms with Gasteiger partial charge in [0.2, 0.25) is 0 Å². The van der Waals surface area contributed by atoms with Gasteiger partial charge in [0.25, 0.3) is 0 Å². The smallest absolute Gasteiger partial charge is 0.323 e. The molecule has 0 radical (unpaired) electrons. The molecule has 4 aromatic rings. The Morgan fingerprint density at radius 1 is 1.13 bits per heavy atom. The van der Waals surface area contributed by atoms with Crippen molar-refractivity contribution in [3.8, 4) is 22.8 Å². The van der Waals surface area contributed by atoms with Gasteiger partial charge in [-0.3, -0.25) is 10.1 Å². The molecule has 0 bridgehead atoms. The molecule has 9 nitrogen and oxygen atoms in total. The van der Waals surface area contributed by atoms with Gasteiger partial charge in [0.1, 0.15) is 17.3 Å². The summed E-state index contributed by atoms with van der Waals surface area (Å²) >= 11 is 0. The largest absolute Gasteiger partial charge is 0.457 e. The number of aromatic nitrogens is 3. The van der Waals surface area contributed by atoms with Crippen LogP contribution in [-0.4, -0.2) is 59.3 Å². The minimum absolute atomic E-state index is 0.0462. The Hall–Kier alpha value is -4.44. The topological polar surface area (TPSA) is 98.4 Å². The number of benzene rings is 2. The van der Waals surface area contributed by atoms with E-state index < -0.39 is 11.8 Å². The third kappa shape index (κ3) is 5.92. The van der Waals surface area contributed by atoms with Crippen molar-refractivity contribution in [2.75, 3.05) is 42.7 Å². The number of hydrogen-bond donors (Lipinski definition) is 3. The van der Waals surface area contributed by atoms with Crippen molar-refractivity contribution in [1.29, 1.82) is 0 Å². The second kappa shape index (κ2) is 10.9. The van der Waals surface area contributed by atoms with Crippen LogP contribution in [0.1, 0.15) is 12.0 Å². The lowest BCUT2D eigenvalue weighted by atomic mass is 10.2. The number of H-pyrrole nitrogens is 1. The summed E-state index contributed by atoms with van der Waals surface area (Å²) in [6.07, 6.45) is 6.08. The number of nitrogens with zero attached hydrogens (tertiary/aromatic N) is 4. The number of carbonyl (C=O) groups is 1. The van der Waals surface area contributed by atoms with Crippen molar-refractivity contribution in [2.45, 2.75) is 19.4 Å². The number of rotatable bonds is 7. The number of halogens is 1. The summed E-state index contributed by atoms with van der Waals surface area (Å²) in [4.78, 5) is 21.5. The molecule has 1 aliphatic rings. The zero-order valence-electron chi connectivity index (χ0n) is 21.5. The zero-order chi connectivity index (χ0) is 26.6. The minimum atomic E-state index is -0.613. The monoisotopic (exact) mass is 515 g/mol. The summed E-state index contributed by atoms with van der Waals surface area (Å²) < 4.78 is 20.6. The van der Waals surface area contributed by atoms with Crippen LogP contribution < -0.4 is 20.3 Å². The van der Waals surface area contributed by atoms with Gasteiger partial charge < -0.3 is 25.2 Å². The van der Waals surface area contributed by atoms with Gasteiger partial charge in [0.05, 0.1) is 17.6 Å². The van der Waals surface area contributed by atoms with E-state index in [2.05, 4.69) is 55.8 Å². The standard InChI is InChI=1S/C28H30FN7O2/c1-18-10-20(12-22(11-18)36-9-7-21(17-36)35(2)3)33-28(37)34-26-5-4-23(13-25(26)29)38-24-6-8-30-27(14-24)19-15-31-32-16-19/h4-6,8,10-16,21H,7,9,17H2,1-3H3,(H,31,32)(H2,33,34,37). The van der Waals surface area contributed by atoms with Gasteiger partial charge in [-0.2, -0.15) is 5.10 Å². The summed E-state index contributed by atoms with van der Waals surface area (Å²) in [5.74, 6) is 0.181. The molecule has 3 N–H and O–H groups in total. The first-order chi connectivity index (χ1) is 18.3. The molecule has 2 aromatic heterocycles. The van der Waals surface area contributed by atoms with Crippen LogP contribution in [-0.2, 0) is 0 Å². The lowest BCUT2D eigenvalue weighted by Gasteiger charge is -2.23. The fourth-order valence-corrected chi connectivity index (χ4v) is 4.52. The number of aromatic amines is 1. The van der Waals surface area contributed by atoms with Crippen molar-refractivity contribution in [2.24, 2.45) is 0 Å². The summed E-state index contributed by atoms with van der Waals surface area (Å²) in [5, 5.41) is 12.1. The van der Waals surface area contributed by atoms with Crippen molar-refractivity contribution in [3.63, 3.8) is 0 Å². The van der Waals surface area contributed by atoms with Crippen LogP contribution in [0.3, 0.4) is 0 Å². The molecule has 1 unspecified atom stereocenters. The Labute approximate surface area is 220 Å². The van der Waals surface area contributed by atoms with E-state index in [0.29, 0.717) is 28.9 Å². The molecular weight excluding hydrogens is 485 g/mol. The molecule has 5 rings (SSSR count). The normalized spacial score (nSPS) is 15.1. The average molecular weight is 516 g/mol. The molecule has 2 amide bonds. The summed E-state index contributed by atoms with van der Waals surface area (Å²) in [5.41, 5.74) is 4.27. The molecule has 10 heteroatoms. The number of nitrogens with one attached hydrogen (secondary N) is 3. The molecule has 2 aromatic carbocycles. The van der Waals surface area contributed by atoms with Crippen LogP contribution in [0.5, 0.6) is 11.5 Å². The zero-order valence-corrected chi connectivity index (χ0v) is 21.5. The molecule has 38 heavy (non-hydrogen) atoms. The van der Waals surface area contributed by atoms with Gasteiger partial charge in [0.15, 0.2) is 0 Å². The van der Waals surface area contributed by atoms with Gasteiger partial charge in [-0.15, -0.1) is 0 Å². The first kappa shape index (κ1) is 25.2. The summed E-state index contributed by atoms with van der Waals surface area (Å²) in [6, 6.07) is 13.6. The predicted octanol–water partition coefficient (Wildman–Crippen LogP) is 5.50.